The highest BCUT2D eigenvalue weighted by Gasteiger charge is 2.21. The lowest BCUT2D eigenvalue weighted by Crippen LogP contribution is -2.44. The molecule has 1 rings (SSSR count). The zero-order chi connectivity index (χ0) is 16.3. The van der Waals surface area contributed by atoms with Gasteiger partial charge in [-0.25, -0.2) is 8.42 Å². The average Bonchev–Trinajstić information content (AvgIpc) is 2.35. The van der Waals surface area contributed by atoms with E-state index in [1.807, 2.05) is 20.8 Å². The first-order chi connectivity index (χ1) is 9.55. The zero-order valence-corrected chi connectivity index (χ0v) is 14.3. The van der Waals surface area contributed by atoms with Gasteiger partial charge in [-0.3, -0.25) is 4.79 Å². The van der Waals surface area contributed by atoms with Gasteiger partial charge in [0.15, 0.2) is 6.61 Å². The van der Waals surface area contributed by atoms with Crippen LogP contribution in [0.1, 0.15) is 27.2 Å². The fourth-order valence-corrected chi connectivity index (χ4v) is 2.67. The molecule has 0 aliphatic heterocycles. The Labute approximate surface area is 134 Å². The molecule has 0 saturated carbocycles. The summed E-state index contributed by atoms with van der Waals surface area (Å²) in [6, 6.07) is 3.99. The molecule has 5 nitrogen and oxygen atoms in total. The van der Waals surface area contributed by atoms with Gasteiger partial charge in [-0.2, -0.15) is 0 Å². The fourth-order valence-electron chi connectivity index (χ4n) is 1.44. The van der Waals surface area contributed by atoms with Crippen LogP contribution in [-0.4, -0.2) is 26.5 Å². The van der Waals surface area contributed by atoms with Gasteiger partial charge in [0.2, 0.25) is 0 Å². The number of hydrogen-bond donors (Lipinski definition) is 1. The van der Waals surface area contributed by atoms with E-state index >= 15 is 0 Å². The molecule has 0 bridgehead atoms. The monoisotopic (exact) mass is 353 g/mol. The molecule has 1 aromatic rings. The van der Waals surface area contributed by atoms with Crippen LogP contribution < -0.4 is 10.1 Å². The van der Waals surface area contributed by atoms with Gasteiger partial charge in [0.05, 0.1) is 0 Å². The van der Waals surface area contributed by atoms with E-state index in [1.54, 1.807) is 0 Å². The first-order valence-corrected chi connectivity index (χ1v) is 8.92. The molecular weight excluding hydrogens is 337 g/mol. The molecule has 0 aliphatic rings. The molecule has 0 atom stereocenters. The maximum Gasteiger partial charge on any atom is 0.265 e. The minimum absolute atomic E-state index is 0.0149. The Hall–Kier alpha value is -0.980. The van der Waals surface area contributed by atoms with Crippen LogP contribution in [0, 0.1) is 0 Å². The summed E-state index contributed by atoms with van der Waals surface area (Å²) in [6.07, 6.45) is 0.751. The molecule has 0 radical (unpaired) electrons. The molecule has 0 unspecified atom stereocenters. The first-order valence-electron chi connectivity index (χ1n) is 6.23. The Balaban J connectivity index is 2.84. The highest BCUT2D eigenvalue weighted by molar-refractivity contribution is 8.13. The van der Waals surface area contributed by atoms with E-state index in [0.717, 1.165) is 6.42 Å². The van der Waals surface area contributed by atoms with Crippen molar-refractivity contribution in [3.8, 4) is 5.75 Å². The molecule has 8 heteroatoms. The van der Waals surface area contributed by atoms with E-state index in [2.05, 4.69) is 5.32 Å². The van der Waals surface area contributed by atoms with Crippen molar-refractivity contribution in [3.63, 3.8) is 0 Å². The number of benzene rings is 1. The van der Waals surface area contributed by atoms with Gasteiger partial charge in [-0.1, -0.05) is 18.5 Å². The molecule has 1 N–H and O–H groups in total. The van der Waals surface area contributed by atoms with E-state index in [0.29, 0.717) is 0 Å². The number of halogens is 2. The molecule has 0 fully saturated rings. The molecule has 0 heterocycles. The van der Waals surface area contributed by atoms with E-state index in [1.165, 1.54) is 18.2 Å². The Morgan fingerprint density at radius 3 is 2.52 bits per heavy atom. The van der Waals surface area contributed by atoms with Crippen LogP contribution in [0.2, 0.25) is 5.02 Å². The van der Waals surface area contributed by atoms with Gasteiger partial charge in [-0.15, -0.1) is 0 Å². The molecule has 0 aliphatic carbocycles. The maximum absolute atomic E-state index is 11.8. The van der Waals surface area contributed by atoms with Crippen molar-refractivity contribution in [2.24, 2.45) is 0 Å². The topological polar surface area (TPSA) is 72.5 Å². The third-order valence-electron chi connectivity index (χ3n) is 2.89. The molecule has 0 aromatic heterocycles. The highest BCUT2D eigenvalue weighted by atomic mass is 35.7. The minimum atomic E-state index is -4.01. The lowest BCUT2D eigenvalue weighted by atomic mass is 10.0. The van der Waals surface area contributed by atoms with Crippen LogP contribution in [0.15, 0.2) is 23.1 Å². The third kappa shape index (κ3) is 5.73. The van der Waals surface area contributed by atoms with Crippen molar-refractivity contribution < 1.29 is 17.9 Å². The number of carbonyl (C=O) groups excluding carboxylic acids is 1. The number of ether oxygens (including phenoxy) is 1. The van der Waals surface area contributed by atoms with Crippen LogP contribution in [-0.2, 0) is 13.8 Å². The zero-order valence-electron chi connectivity index (χ0n) is 11.9. The lowest BCUT2D eigenvalue weighted by Gasteiger charge is -2.24. The van der Waals surface area contributed by atoms with E-state index in [4.69, 9.17) is 27.0 Å². The van der Waals surface area contributed by atoms with Gasteiger partial charge in [0.25, 0.3) is 15.0 Å². The van der Waals surface area contributed by atoms with Crippen LogP contribution in [0.3, 0.4) is 0 Å². The van der Waals surface area contributed by atoms with Crippen LogP contribution in [0.25, 0.3) is 0 Å². The molecule has 118 valence electrons. The summed E-state index contributed by atoms with van der Waals surface area (Å²) in [5.41, 5.74) is -0.359. The number of hydrogen-bond acceptors (Lipinski definition) is 4. The molecule has 0 saturated heterocycles. The van der Waals surface area contributed by atoms with Crippen LogP contribution >= 0.6 is 22.3 Å². The predicted octanol–water partition coefficient (Wildman–Crippen LogP) is 2.95. The van der Waals surface area contributed by atoms with E-state index < -0.39 is 9.05 Å². The third-order valence-corrected chi connectivity index (χ3v) is 4.47. The van der Waals surface area contributed by atoms with Crippen molar-refractivity contribution in [1.29, 1.82) is 0 Å². The summed E-state index contributed by atoms with van der Waals surface area (Å²) in [7, 11) is 1.30. The Bertz CT molecular complexity index is 629. The van der Waals surface area contributed by atoms with Crippen molar-refractivity contribution in [2.45, 2.75) is 37.6 Å². The highest BCUT2D eigenvalue weighted by Crippen LogP contribution is 2.29. The van der Waals surface area contributed by atoms with E-state index in [9.17, 15) is 13.2 Å². The summed E-state index contributed by atoms with van der Waals surface area (Å²) >= 11 is 5.73. The van der Waals surface area contributed by atoms with Gasteiger partial charge in [0.1, 0.15) is 10.6 Å². The average molecular weight is 354 g/mol. The number of nitrogens with one attached hydrogen (secondary N) is 1. The van der Waals surface area contributed by atoms with Gasteiger partial charge < -0.3 is 10.1 Å². The Kier molecular flexibility index (Phi) is 5.90. The van der Waals surface area contributed by atoms with Crippen molar-refractivity contribution in [3.05, 3.63) is 23.2 Å². The van der Waals surface area contributed by atoms with Crippen molar-refractivity contribution >= 4 is 37.2 Å². The predicted molar refractivity (Wildman–Crippen MR) is 82.5 cm³/mol. The summed E-state index contributed by atoms with van der Waals surface area (Å²) < 4.78 is 28.1. The fraction of sp³-hybridized carbons (Fsp3) is 0.462. The lowest BCUT2D eigenvalue weighted by molar-refractivity contribution is -0.124. The van der Waals surface area contributed by atoms with Gasteiger partial charge in [0, 0.05) is 21.2 Å². The molecule has 21 heavy (non-hydrogen) atoms. The summed E-state index contributed by atoms with van der Waals surface area (Å²) in [6.45, 7) is 5.38. The summed E-state index contributed by atoms with van der Waals surface area (Å²) in [4.78, 5) is 11.5. The molecule has 0 spiro atoms. The SMILES string of the molecule is CCC(C)(C)NC(=O)COc1ccc(Cl)cc1S(=O)(=O)Cl. The second kappa shape index (κ2) is 6.85. The van der Waals surface area contributed by atoms with Crippen LogP contribution in [0.4, 0.5) is 0 Å². The minimum Gasteiger partial charge on any atom is -0.482 e. The molecular formula is C13H17Cl2NO4S. The summed E-state index contributed by atoms with van der Waals surface area (Å²) in [5, 5.41) is 2.98. The first kappa shape index (κ1) is 18.1. The van der Waals surface area contributed by atoms with Crippen LogP contribution in [0.5, 0.6) is 5.75 Å². The Morgan fingerprint density at radius 1 is 1.38 bits per heavy atom. The number of rotatable bonds is 6. The normalized spacial score (nSPS) is 12.0. The van der Waals surface area contributed by atoms with Crippen molar-refractivity contribution in [1.82, 2.24) is 5.32 Å². The summed E-state index contributed by atoms with van der Waals surface area (Å²) in [5.74, 6) is -0.367. The number of carbonyl (C=O) groups is 1. The second-order valence-corrected chi connectivity index (χ2v) is 8.07. The molecule has 1 aromatic carbocycles. The standard InChI is InChI=1S/C13H17Cl2NO4S/c1-4-13(2,3)16-12(17)8-20-10-6-5-9(14)7-11(10)21(15,18)19/h5-7H,4,8H2,1-3H3,(H,16,17). The maximum atomic E-state index is 11.8. The van der Waals surface area contributed by atoms with Gasteiger partial charge >= 0.3 is 0 Å². The second-order valence-electron chi connectivity index (χ2n) is 5.10. The largest absolute Gasteiger partial charge is 0.482 e. The van der Waals surface area contributed by atoms with E-state index in [-0.39, 0.29) is 33.7 Å². The quantitative estimate of drug-likeness (QED) is 0.798. The van der Waals surface area contributed by atoms with Crippen molar-refractivity contribution in [2.75, 3.05) is 6.61 Å². The number of amides is 1. The molecule has 1 amide bonds. The Morgan fingerprint density at radius 2 is 2.00 bits per heavy atom. The smallest absolute Gasteiger partial charge is 0.265 e. The van der Waals surface area contributed by atoms with Gasteiger partial charge in [-0.05, 0) is 38.5 Å².